The van der Waals surface area contributed by atoms with Gasteiger partial charge in [0.05, 0.1) is 25.0 Å². The number of rotatable bonds is 9. The summed E-state index contributed by atoms with van der Waals surface area (Å²) in [6.45, 7) is 2.80. The van der Waals surface area contributed by atoms with Gasteiger partial charge in [-0.25, -0.2) is 8.42 Å². The van der Waals surface area contributed by atoms with Crippen molar-refractivity contribution < 1.29 is 17.9 Å². The Labute approximate surface area is 121 Å². The number of ether oxygens (including phenoxy) is 1. The molecule has 2 saturated carbocycles. The van der Waals surface area contributed by atoms with Crippen molar-refractivity contribution in [1.82, 2.24) is 5.32 Å². The van der Waals surface area contributed by atoms with Crippen LogP contribution in [-0.2, 0) is 19.4 Å². The molecule has 0 saturated heterocycles. The van der Waals surface area contributed by atoms with Gasteiger partial charge in [0.2, 0.25) is 0 Å². The van der Waals surface area contributed by atoms with Crippen molar-refractivity contribution in [1.29, 1.82) is 0 Å². The van der Waals surface area contributed by atoms with Crippen LogP contribution in [-0.4, -0.2) is 45.6 Å². The summed E-state index contributed by atoms with van der Waals surface area (Å²) in [5, 5.41) is 3.29. The molecule has 0 bridgehead atoms. The normalized spacial score (nSPS) is 22.3. The summed E-state index contributed by atoms with van der Waals surface area (Å²) in [5.41, 5.74) is -0.341. The Balaban J connectivity index is 1.91. The molecule has 2 rings (SSSR count). The van der Waals surface area contributed by atoms with Crippen molar-refractivity contribution in [3.63, 3.8) is 0 Å². The molecule has 0 aromatic carbocycles. The van der Waals surface area contributed by atoms with Crippen LogP contribution < -0.4 is 5.32 Å². The smallest absolute Gasteiger partial charge is 0.306 e. The van der Waals surface area contributed by atoms with Crippen LogP contribution >= 0.6 is 0 Å². The quantitative estimate of drug-likeness (QED) is 0.647. The van der Waals surface area contributed by atoms with Crippen molar-refractivity contribution >= 4 is 15.8 Å². The fraction of sp³-hybridized carbons (Fsp3) is 0.929. The molecule has 0 aliphatic heterocycles. The van der Waals surface area contributed by atoms with E-state index in [0.717, 1.165) is 32.2 Å². The molecular formula is C14H25NO4S. The van der Waals surface area contributed by atoms with Gasteiger partial charge >= 0.3 is 5.97 Å². The van der Waals surface area contributed by atoms with Crippen LogP contribution in [0.25, 0.3) is 0 Å². The second-order valence-corrected chi connectivity index (χ2v) is 8.42. The van der Waals surface area contributed by atoms with Crippen LogP contribution in [0.15, 0.2) is 0 Å². The van der Waals surface area contributed by atoms with Crippen LogP contribution in [0.5, 0.6) is 0 Å². The number of sulfone groups is 1. The maximum Gasteiger partial charge on any atom is 0.306 e. The van der Waals surface area contributed by atoms with Crippen LogP contribution in [0, 0.1) is 11.3 Å². The maximum atomic E-state index is 12.4. The molecule has 116 valence electrons. The molecule has 20 heavy (non-hydrogen) atoms. The number of hydrogen-bond donors (Lipinski definition) is 1. The molecule has 1 unspecified atom stereocenters. The molecule has 1 atom stereocenters. The highest BCUT2D eigenvalue weighted by atomic mass is 32.2. The highest BCUT2D eigenvalue weighted by Gasteiger charge is 2.48. The van der Waals surface area contributed by atoms with E-state index >= 15 is 0 Å². The zero-order valence-electron chi connectivity index (χ0n) is 12.4. The number of nitrogens with one attached hydrogen (secondary N) is 1. The van der Waals surface area contributed by atoms with Crippen molar-refractivity contribution in [2.75, 3.05) is 25.2 Å². The topological polar surface area (TPSA) is 72.5 Å². The molecule has 0 aromatic rings. The largest absolute Gasteiger partial charge is 0.469 e. The minimum Gasteiger partial charge on any atom is -0.469 e. The standard InChI is InChI=1S/C14H25NO4S/c1-3-15-12(11-4-5-11)9-20(17,18)10-14(6-7-14)8-13(16)19-2/h11-12,15H,3-10H2,1-2H3. The first-order valence-electron chi connectivity index (χ1n) is 7.40. The Bertz CT molecular complexity index is 452. The third-order valence-electron chi connectivity index (χ3n) is 4.32. The molecule has 2 aliphatic rings. The lowest BCUT2D eigenvalue weighted by atomic mass is 10.1. The van der Waals surface area contributed by atoms with Crippen molar-refractivity contribution in [3.05, 3.63) is 0 Å². The first kappa shape index (κ1) is 15.8. The van der Waals surface area contributed by atoms with Gasteiger partial charge in [0.15, 0.2) is 9.84 Å². The lowest BCUT2D eigenvalue weighted by Gasteiger charge is -2.20. The molecule has 5 nitrogen and oxygen atoms in total. The van der Waals surface area contributed by atoms with E-state index in [9.17, 15) is 13.2 Å². The summed E-state index contributed by atoms with van der Waals surface area (Å²) in [6, 6.07) is 0.0823. The number of esters is 1. The Morgan fingerprint density at radius 2 is 2.05 bits per heavy atom. The van der Waals surface area contributed by atoms with E-state index in [1.54, 1.807) is 0 Å². The van der Waals surface area contributed by atoms with Gasteiger partial charge in [-0.1, -0.05) is 6.92 Å². The average Bonchev–Trinajstić information content (AvgIpc) is 3.23. The van der Waals surface area contributed by atoms with E-state index in [1.807, 2.05) is 6.92 Å². The fourth-order valence-corrected chi connectivity index (χ4v) is 5.23. The highest BCUT2D eigenvalue weighted by molar-refractivity contribution is 7.91. The zero-order valence-corrected chi connectivity index (χ0v) is 13.2. The Kier molecular flexibility index (Phi) is 4.74. The van der Waals surface area contributed by atoms with Gasteiger partial charge < -0.3 is 10.1 Å². The Morgan fingerprint density at radius 3 is 2.50 bits per heavy atom. The van der Waals surface area contributed by atoms with Gasteiger partial charge in [-0.3, -0.25) is 4.79 Å². The third kappa shape index (κ3) is 4.45. The Morgan fingerprint density at radius 1 is 1.40 bits per heavy atom. The second kappa shape index (κ2) is 6.02. The van der Waals surface area contributed by atoms with Crippen LogP contribution in [0.2, 0.25) is 0 Å². The van der Waals surface area contributed by atoms with E-state index in [4.69, 9.17) is 0 Å². The molecule has 1 N–H and O–H groups in total. The number of hydrogen-bond acceptors (Lipinski definition) is 5. The lowest BCUT2D eigenvalue weighted by Crippen LogP contribution is -2.39. The van der Waals surface area contributed by atoms with E-state index in [2.05, 4.69) is 10.1 Å². The summed E-state index contributed by atoms with van der Waals surface area (Å²) in [4.78, 5) is 11.4. The van der Waals surface area contributed by atoms with Gasteiger partial charge in [0.25, 0.3) is 0 Å². The van der Waals surface area contributed by atoms with Crippen LogP contribution in [0.1, 0.15) is 39.0 Å². The van der Waals surface area contributed by atoms with Crippen molar-refractivity contribution in [2.24, 2.45) is 11.3 Å². The summed E-state index contributed by atoms with van der Waals surface area (Å²) < 4.78 is 29.4. The maximum absolute atomic E-state index is 12.4. The molecule has 6 heteroatoms. The SMILES string of the molecule is CCNC(CS(=O)(=O)CC1(CC(=O)OC)CC1)C1CC1. The molecule has 0 spiro atoms. The summed E-state index contributed by atoms with van der Waals surface area (Å²) in [5.74, 6) is 0.543. The van der Waals surface area contributed by atoms with E-state index in [1.165, 1.54) is 7.11 Å². The predicted molar refractivity (Wildman–Crippen MR) is 77.1 cm³/mol. The molecule has 0 heterocycles. The highest BCUT2D eigenvalue weighted by Crippen LogP contribution is 2.50. The first-order chi connectivity index (χ1) is 9.40. The number of carbonyl (C=O) groups is 1. The first-order valence-corrected chi connectivity index (χ1v) is 9.22. The van der Waals surface area contributed by atoms with Crippen LogP contribution in [0.4, 0.5) is 0 Å². The van der Waals surface area contributed by atoms with Gasteiger partial charge in [-0.2, -0.15) is 0 Å². The Hall–Kier alpha value is -0.620. The molecular weight excluding hydrogens is 278 g/mol. The predicted octanol–water partition coefficient (Wildman–Crippen LogP) is 1.13. The van der Waals surface area contributed by atoms with Crippen LogP contribution in [0.3, 0.4) is 0 Å². The molecule has 2 aliphatic carbocycles. The minimum atomic E-state index is -3.13. The summed E-state index contributed by atoms with van der Waals surface area (Å²) in [6.07, 6.45) is 4.12. The number of carbonyl (C=O) groups excluding carboxylic acids is 1. The summed E-state index contributed by atoms with van der Waals surface area (Å²) in [7, 11) is -1.78. The van der Waals surface area contributed by atoms with Gasteiger partial charge in [0.1, 0.15) is 0 Å². The zero-order chi connectivity index (χ0) is 14.8. The van der Waals surface area contributed by atoms with E-state index in [0.29, 0.717) is 5.92 Å². The van der Waals surface area contributed by atoms with Crippen molar-refractivity contribution in [2.45, 2.75) is 45.1 Å². The minimum absolute atomic E-state index is 0.0823. The average molecular weight is 303 g/mol. The third-order valence-corrected chi connectivity index (χ3v) is 6.24. The monoisotopic (exact) mass is 303 g/mol. The second-order valence-electron chi connectivity index (χ2n) is 6.31. The van der Waals surface area contributed by atoms with Gasteiger partial charge in [-0.15, -0.1) is 0 Å². The van der Waals surface area contributed by atoms with Gasteiger partial charge in [-0.05, 0) is 43.6 Å². The van der Waals surface area contributed by atoms with Crippen molar-refractivity contribution in [3.8, 4) is 0 Å². The van der Waals surface area contributed by atoms with E-state index in [-0.39, 0.29) is 35.4 Å². The molecule has 2 fully saturated rings. The summed E-state index contributed by atoms with van der Waals surface area (Å²) >= 11 is 0. The lowest BCUT2D eigenvalue weighted by molar-refractivity contribution is -0.141. The number of methoxy groups -OCH3 is 1. The van der Waals surface area contributed by atoms with Gasteiger partial charge in [0, 0.05) is 6.04 Å². The fourth-order valence-electron chi connectivity index (χ4n) is 2.85. The molecule has 0 aromatic heterocycles. The van der Waals surface area contributed by atoms with E-state index < -0.39 is 9.84 Å². The molecule has 0 amide bonds. The molecule has 0 radical (unpaired) electrons.